The van der Waals surface area contributed by atoms with Crippen LogP contribution in [0.4, 0.5) is 4.79 Å². The monoisotopic (exact) mass is 495 g/mol. The quantitative estimate of drug-likeness (QED) is 0.363. The first kappa shape index (κ1) is 23.5. The van der Waals surface area contributed by atoms with Crippen LogP contribution >= 0.6 is 11.3 Å². The highest BCUT2D eigenvalue weighted by molar-refractivity contribution is 7.10. The van der Waals surface area contributed by atoms with Gasteiger partial charge in [-0.25, -0.2) is 4.79 Å². The fourth-order valence-electron chi connectivity index (χ4n) is 4.54. The van der Waals surface area contributed by atoms with Gasteiger partial charge in [-0.1, -0.05) is 96.6 Å². The summed E-state index contributed by atoms with van der Waals surface area (Å²) in [4.78, 5) is 42.2. The molecule has 4 aromatic rings. The smallest absolute Gasteiger partial charge is 0.326 e. The molecule has 1 atom stereocenters. The molecule has 3 aromatic carbocycles. The van der Waals surface area contributed by atoms with E-state index in [9.17, 15) is 14.4 Å². The van der Waals surface area contributed by atoms with Crippen molar-refractivity contribution in [2.45, 2.75) is 18.5 Å². The first-order chi connectivity index (χ1) is 17.5. The van der Waals surface area contributed by atoms with Gasteiger partial charge in [-0.15, -0.1) is 11.3 Å². The number of carbonyl (C=O) groups is 3. The summed E-state index contributed by atoms with van der Waals surface area (Å²) in [7, 11) is 0. The number of carbonyl (C=O) groups excluding carboxylic acids is 3. The number of urea groups is 1. The lowest BCUT2D eigenvalue weighted by atomic mass is 9.82. The molecule has 2 N–H and O–H groups in total. The Bertz CT molecular complexity index is 1330. The first-order valence-electron chi connectivity index (χ1n) is 11.6. The predicted octanol–water partition coefficient (Wildman–Crippen LogP) is 4.76. The lowest BCUT2D eigenvalue weighted by Crippen LogP contribution is -2.46. The van der Waals surface area contributed by atoms with Gasteiger partial charge in [0.25, 0.3) is 5.91 Å². The Labute approximate surface area is 213 Å². The molecule has 5 rings (SSSR count). The van der Waals surface area contributed by atoms with Crippen molar-refractivity contribution in [1.82, 2.24) is 15.5 Å². The molecule has 1 fully saturated rings. The number of nitrogens with zero attached hydrogens (tertiary/aromatic N) is 1. The van der Waals surface area contributed by atoms with Crippen molar-refractivity contribution >= 4 is 29.2 Å². The predicted molar refractivity (Wildman–Crippen MR) is 139 cm³/mol. The Balaban J connectivity index is 1.43. The number of hydrogen-bond donors (Lipinski definition) is 2. The van der Waals surface area contributed by atoms with Crippen LogP contribution in [0, 0.1) is 6.92 Å². The molecule has 7 heteroatoms. The fourth-order valence-corrected chi connectivity index (χ4v) is 5.34. The van der Waals surface area contributed by atoms with Crippen molar-refractivity contribution in [3.63, 3.8) is 0 Å². The van der Waals surface area contributed by atoms with E-state index >= 15 is 0 Å². The normalized spacial score (nSPS) is 15.4. The molecule has 0 aliphatic carbocycles. The number of amides is 4. The molecule has 0 radical (unpaired) electrons. The molecular formula is C29H25N3O3S. The number of aryl methyl sites for hydroxylation is 1. The van der Waals surface area contributed by atoms with Crippen LogP contribution in [-0.2, 0) is 15.1 Å². The summed E-state index contributed by atoms with van der Waals surface area (Å²) in [6.07, 6.45) is 0. The highest BCUT2D eigenvalue weighted by Gasteiger charge is 2.54. The van der Waals surface area contributed by atoms with E-state index < -0.39 is 23.4 Å². The van der Waals surface area contributed by atoms with Crippen LogP contribution in [0.1, 0.15) is 33.2 Å². The van der Waals surface area contributed by atoms with E-state index in [1.54, 1.807) is 24.3 Å². The van der Waals surface area contributed by atoms with Crippen molar-refractivity contribution in [3.8, 4) is 0 Å². The van der Waals surface area contributed by atoms with E-state index in [0.29, 0.717) is 11.1 Å². The van der Waals surface area contributed by atoms with Gasteiger partial charge in [-0.05, 0) is 35.1 Å². The summed E-state index contributed by atoms with van der Waals surface area (Å²) in [5.74, 6) is -0.905. The van der Waals surface area contributed by atoms with Gasteiger partial charge >= 0.3 is 6.03 Å². The van der Waals surface area contributed by atoms with E-state index in [-0.39, 0.29) is 12.6 Å². The Kier molecular flexibility index (Phi) is 6.40. The van der Waals surface area contributed by atoms with E-state index in [1.807, 2.05) is 85.1 Å². The third-order valence-electron chi connectivity index (χ3n) is 6.36. The summed E-state index contributed by atoms with van der Waals surface area (Å²) in [6.45, 7) is 1.62. The number of imide groups is 1. The Morgan fingerprint density at radius 2 is 1.50 bits per heavy atom. The number of hydrogen-bond acceptors (Lipinski definition) is 4. The molecule has 0 spiro atoms. The van der Waals surface area contributed by atoms with Crippen LogP contribution in [0.3, 0.4) is 0 Å². The van der Waals surface area contributed by atoms with E-state index in [1.165, 1.54) is 11.3 Å². The van der Waals surface area contributed by atoms with Crippen molar-refractivity contribution < 1.29 is 14.4 Å². The molecule has 0 unspecified atom stereocenters. The summed E-state index contributed by atoms with van der Waals surface area (Å²) in [5.41, 5.74) is 1.91. The second-order valence-electron chi connectivity index (χ2n) is 8.73. The molecule has 1 saturated heterocycles. The Hall–Kier alpha value is -4.23. The number of rotatable bonds is 7. The largest absolute Gasteiger partial charge is 0.343 e. The molecule has 1 aliphatic rings. The summed E-state index contributed by atoms with van der Waals surface area (Å²) >= 11 is 1.54. The molecule has 0 saturated carbocycles. The SMILES string of the molecule is Cc1ccc([C@@H](NC(=O)CN2C(=O)NC(c3ccccc3)(c3ccccc3)C2=O)c2cccs2)cc1. The van der Waals surface area contributed by atoms with E-state index in [0.717, 1.165) is 20.9 Å². The zero-order chi connectivity index (χ0) is 25.1. The zero-order valence-electron chi connectivity index (χ0n) is 19.7. The van der Waals surface area contributed by atoms with Crippen LogP contribution in [0.5, 0.6) is 0 Å². The second kappa shape index (κ2) is 9.79. The summed E-state index contributed by atoms with van der Waals surface area (Å²) in [5, 5.41) is 7.86. The van der Waals surface area contributed by atoms with Crippen LogP contribution in [0.25, 0.3) is 0 Å². The van der Waals surface area contributed by atoms with Gasteiger partial charge in [0.05, 0.1) is 6.04 Å². The summed E-state index contributed by atoms with van der Waals surface area (Å²) < 4.78 is 0. The van der Waals surface area contributed by atoms with Gasteiger partial charge in [-0.2, -0.15) is 0 Å². The Morgan fingerprint density at radius 3 is 2.06 bits per heavy atom. The highest BCUT2D eigenvalue weighted by Crippen LogP contribution is 2.36. The van der Waals surface area contributed by atoms with Gasteiger partial charge in [0.15, 0.2) is 5.54 Å². The molecule has 1 aliphatic heterocycles. The van der Waals surface area contributed by atoms with Gasteiger partial charge in [-0.3, -0.25) is 14.5 Å². The van der Waals surface area contributed by atoms with Crippen molar-refractivity contribution in [2.24, 2.45) is 0 Å². The lowest BCUT2D eigenvalue weighted by molar-refractivity contribution is -0.134. The van der Waals surface area contributed by atoms with Gasteiger partial charge in [0.2, 0.25) is 5.91 Å². The fraction of sp³-hybridized carbons (Fsp3) is 0.138. The zero-order valence-corrected chi connectivity index (χ0v) is 20.5. The van der Waals surface area contributed by atoms with Crippen LogP contribution in [0.15, 0.2) is 102 Å². The summed E-state index contributed by atoms with van der Waals surface area (Å²) in [6, 6.07) is 29.0. The van der Waals surface area contributed by atoms with Gasteiger partial charge in [0.1, 0.15) is 6.54 Å². The first-order valence-corrected chi connectivity index (χ1v) is 12.5. The minimum Gasteiger partial charge on any atom is -0.343 e. The second-order valence-corrected chi connectivity index (χ2v) is 9.71. The van der Waals surface area contributed by atoms with Crippen LogP contribution in [-0.4, -0.2) is 29.3 Å². The maximum Gasteiger partial charge on any atom is 0.326 e. The average Bonchev–Trinajstić information content (AvgIpc) is 3.52. The molecule has 6 nitrogen and oxygen atoms in total. The third kappa shape index (κ3) is 4.29. The lowest BCUT2D eigenvalue weighted by Gasteiger charge is -2.28. The van der Waals surface area contributed by atoms with Crippen molar-refractivity contribution in [1.29, 1.82) is 0 Å². The van der Waals surface area contributed by atoms with Crippen LogP contribution < -0.4 is 10.6 Å². The molecular weight excluding hydrogens is 470 g/mol. The number of nitrogens with one attached hydrogen (secondary N) is 2. The number of benzene rings is 3. The minimum absolute atomic E-state index is 0.383. The topological polar surface area (TPSA) is 78.5 Å². The van der Waals surface area contributed by atoms with Gasteiger partial charge in [0, 0.05) is 4.88 Å². The minimum atomic E-state index is -1.40. The molecule has 4 amide bonds. The van der Waals surface area contributed by atoms with E-state index in [2.05, 4.69) is 10.6 Å². The molecule has 2 heterocycles. The highest BCUT2D eigenvalue weighted by atomic mass is 32.1. The third-order valence-corrected chi connectivity index (χ3v) is 7.30. The molecule has 0 bridgehead atoms. The maximum atomic E-state index is 13.9. The molecule has 180 valence electrons. The van der Waals surface area contributed by atoms with E-state index in [4.69, 9.17) is 0 Å². The van der Waals surface area contributed by atoms with Crippen molar-refractivity contribution in [3.05, 3.63) is 130 Å². The molecule has 1 aromatic heterocycles. The molecule has 36 heavy (non-hydrogen) atoms. The standard InChI is InChI=1S/C29H25N3O3S/c1-20-14-16-21(17-15-20)26(24-13-8-18-36-24)30-25(33)19-32-27(34)29(31-28(32)35,22-9-4-2-5-10-22)23-11-6-3-7-12-23/h2-18,26H,19H2,1H3,(H,30,33)(H,31,35)/t26-/m1/s1. The maximum absolute atomic E-state index is 13.9. The van der Waals surface area contributed by atoms with Gasteiger partial charge < -0.3 is 10.6 Å². The van der Waals surface area contributed by atoms with Crippen molar-refractivity contribution in [2.75, 3.05) is 6.54 Å². The number of thiophene rings is 1. The van der Waals surface area contributed by atoms with Crippen LogP contribution in [0.2, 0.25) is 0 Å². The Morgan fingerprint density at radius 1 is 0.889 bits per heavy atom. The average molecular weight is 496 g/mol.